The van der Waals surface area contributed by atoms with Gasteiger partial charge in [0.1, 0.15) is 11.2 Å². The Balaban J connectivity index is 1.39. The summed E-state index contributed by atoms with van der Waals surface area (Å²) in [4.78, 5) is 0. The lowest BCUT2D eigenvalue weighted by atomic mass is 10.0. The van der Waals surface area contributed by atoms with E-state index in [-0.39, 0.29) is 0 Å². The molecule has 166 valence electrons. The highest BCUT2D eigenvalue weighted by molar-refractivity contribution is 6.18. The SMILES string of the molecule is c1cc2c3c(cccc3c1)-c1cc(-n3c4ccccc4c4cc5oc6ccccc6c5cc43)ccc1-2. The van der Waals surface area contributed by atoms with Gasteiger partial charge in [-0.15, -0.1) is 0 Å². The fourth-order valence-corrected chi connectivity index (χ4v) is 6.38. The molecule has 2 nitrogen and oxygen atoms in total. The molecule has 0 fully saturated rings. The summed E-state index contributed by atoms with van der Waals surface area (Å²) in [5.74, 6) is 0. The second-order valence-electron chi connectivity index (χ2n) is 9.76. The van der Waals surface area contributed by atoms with Crippen LogP contribution in [0.1, 0.15) is 0 Å². The molecular weight excluding hydrogens is 438 g/mol. The van der Waals surface area contributed by atoms with Crippen LogP contribution in [0.2, 0.25) is 0 Å². The second kappa shape index (κ2) is 6.44. The van der Waals surface area contributed by atoms with Gasteiger partial charge in [0.2, 0.25) is 0 Å². The Bertz CT molecular complexity index is 2200. The van der Waals surface area contributed by atoms with Crippen LogP contribution >= 0.6 is 0 Å². The lowest BCUT2D eigenvalue weighted by Crippen LogP contribution is -1.94. The molecule has 0 spiro atoms. The Morgan fingerprint density at radius 1 is 0.444 bits per heavy atom. The van der Waals surface area contributed by atoms with Gasteiger partial charge in [0.05, 0.1) is 11.0 Å². The summed E-state index contributed by atoms with van der Waals surface area (Å²) in [6, 6.07) is 41.7. The van der Waals surface area contributed by atoms with Crippen molar-refractivity contribution in [2.45, 2.75) is 0 Å². The number of rotatable bonds is 1. The van der Waals surface area contributed by atoms with E-state index in [1.54, 1.807) is 0 Å². The largest absolute Gasteiger partial charge is 0.456 e. The Hall–Kier alpha value is -4.82. The Morgan fingerprint density at radius 2 is 1.22 bits per heavy atom. The van der Waals surface area contributed by atoms with Crippen molar-refractivity contribution < 1.29 is 4.42 Å². The van der Waals surface area contributed by atoms with Crippen LogP contribution in [0.25, 0.3) is 82.5 Å². The molecule has 0 N–H and O–H groups in total. The van der Waals surface area contributed by atoms with Crippen molar-refractivity contribution in [3.63, 3.8) is 0 Å². The van der Waals surface area contributed by atoms with Gasteiger partial charge in [0.25, 0.3) is 0 Å². The molecule has 0 aliphatic heterocycles. The first kappa shape index (κ1) is 18.5. The standard InChI is InChI=1S/C34H19NO/c1-3-13-30-23(9-1)28-19-33-29(24-10-2-4-14-32(24)36-33)18-31(28)35(30)21-15-16-22-25-11-5-7-20-8-6-12-26(34(20)25)27(22)17-21/h1-19H. The summed E-state index contributed by atoms with van der Waals surface area (Å²) in [5, 5.41) is 7.42. The highest BCUT2D eigenvalue weighted by Crippen LogP contribution is 2.48. The van der Waals surface area contributed by atoms with Gasteiger partial charge in [-0.1, -0.05) is 78.9 Å². The molecule has 0 unspecified atom stereocenters. The highest BCUT2D eigenvalue weighted by atomic mass is 16.3. The first-order chi connectivity index (χ1) is 17.8. The molecule has 1 aliphatic carbocycles. The van der Waals surface area contributed by atoms with Gasteiger partial charge in [0.15, 0.2) is 0 Å². The lowest BCUT2D eigenvalue weighted by molar-refractivity contribution is 0.669. The van der Waals surface area contributed by atoms with Crippen molar-refractivity contribution in [1.29, 1.82) is 0 Å². The minimum Gasteiger partial charge on any atom is -0.456 e. The van der Waals surface area contributed by atoms with Crippen molar-refractivity contribution in [3.8, 4) is 27.9 Å². The number of fused-ring (bicyclic) bond motifs is 9. The summed E-state index contributed by atoms with van der Waals surface area (Å²) in [5.41, 5.74) is 10.7. The van der Waals surface area contributed by atoms with E-state index >= 15 is 0 Å². The number of benzene rings is 6. The predicted octanol–water partition coefficient (Wildman–Crippen LogP) is 9.48. The van der Waals surface area contributed by atoms with E-state index in [0.717, 1.165) is 21.9 Å². The van der Waals surface area contributed by atoms with E-state index in [4.69, 9.17) is 4.42 Å². The molecule has 0 radical (unpaired) electrons. The molecule has 8 aromatic rings. The number of nitrogens with zero attached hydrogens (tertiary/aromatic N) is 1. The van der Waals surface area contributed by atoms with E-state index in [0.29, 0.717) is 0 Å². The topological polar surface area (TPSA) is 18.1 Å². The fraction of sp³-hybridized carbons (Fsp3) is 0. The minimum absolute atomic E-state index is 0.930. The van der Waals surface area contributed by atoms with E-state index in [9.17, 15) is 0 Å². The molecule has 0 amide bonds. The van der Waals surface area contributed by atoms with E-state index in [1.807, 2.05) is 12.1 Å². The van der Waals surface area contributed by atoms with Gasteiger partial charge in [-0.3, -0.25) is 0 Å². The van der Waals surface area contributed by atoms with Crippen LogP contribution in [0.3, 0.4) is 0 Å². The molecule has 1 aliphatic rings. The molecule has 0 saturated heterocycles. The molecule has 0 bridgehead atoms. The number of para-hydroxylation sites is 2. The zero-order chi connectivity index (χ0) is 23.4. The van der Waals surface area contributed by atoms with Crippen LogP contribution in [-0.4, -0.2) is 4.57 Å². The summed E-state index contributed by atoms with van der Waals surface area (Å²) < 4.78 is 8.66. The molecule has 2 heteroatoms. The minimum atomic E-state index is 0.930. The maximum Gasteiger partial charge on any atom is 0.136 e. The average molecular weight is 458 g/mol. The van der Waals surface area contributed by atoms with Crippen molar-refractivity contribution in [1.82, 2.24) is 4.57 Å². The summed E-state index contributed by atoms with van der Waals surface area (Å²) in [7, 11) is 0. The van der Waals surface area contributed by atoms with Gasteiger partial charge < -0.3 is 8.98 Å². The van der Waals surface area contributed by atoms with E-state index < -0.39 is 0 Å². The van der Waals surface area contributed by atoms with Crippen molar-refractivity contribution in [2.75, 3.05) is 0 Å². The van der Waals surface area contributed by atoms with Crippen LogP contribution in [0.5, 0.6) is 0 Å². The van der Waals surface area contributed by atoms with E-state index in [2.05, 4.69) is 108 Å². The second-order valence-corrected chi connectivity index (χ2v) is 9.76. The fourth-order valence-electron chi connectivity index (χ4n) is 6.38. The normalized spacial score (nSPS) is 12.4. The maximum atomic E-state index is 6.24. The smallest absolute Gasteiger partial charge is 0.136 e. The molecule has 36 heavy (non-hydrogen) atoms. The average Bonchev–Trinajstić information content (AvgIpc) is 3.56. The molecule has 0 saturated carbocycles. The summed E-state index contributed by atoms with van der Waals surface area (Å²) in [6.07, 6.45) is 0. The molecule has 2 heterocycles. The summed E-state index contributed by atoms with van der Waals surface area (Å²) >= 11 is 0. The van der Waals surface area contributed by atoms with Crippen LogP contribution < -0.4 is 0 Å². The molecular formula is C34H19NO. The highest BCUT2D eigenvalue weighted by Gasteiger charge is 2.22. The monoisotopic (exact) mass is 457 g/mol. The Kier molecular flexibility index (Phi) is 3.31. The van der Waals surface area contributed by atoms with Crippen LogP contribution in [0, 0.1) is 0 Å². The first-order valence-electron chi connectivity index (χ1n) is 12.4. The zero-order valence-electron chi connectivity index (χ0n) is 19.3. The van der Waals surface area contributed by atoms with Crippen LogP contribution in [0.15, 0.2) is 120 Å². The number of hydrogen-bond donors (Lipinski definition) is 0. The molecule has 6 aromatic carbocycles. The lowest BCUT2D eigenvalue weighted by Gasteiger charge is -2.11. The van der Waals surface area contributed by atoms with Crippen molar-refractivity contribution >= 4 is 54.5 Å². The molecule has 0 atom stereocenters. The van der Waals surface area contributed by atoms with Gasteiger partial charge in [-0.25, -0.2) is 0 Å². The molecule has 9 rings (SSSR count). The summed E-state index contributed by atoms with van der Waals surface area (Å²) in [6.45, 7) is 0. The van der Waals surface area contributed by atoms with Gasteiger partial charge in [-0.2, -0.15) is 0 Å². The number of aromatic nitrogens is 1. The third-order valence-electron chi connectivity index (χ3n) is 7.92. The van der Waals surface area contributed by atoms with Gasteiger partial charge in [0, 0.05) is 27.2 Å². The molecule has 2 aromatic heterocycles. The third kappa shape index (κ3) is 2.22. The Morgan fingerprint density at radius 3 is 2.11 bits per heavy atom. The van der Waals surface area contributed by atoms with Crippen LogP contribution in [-0.2, 0) is 0 Å². The van der Waals surface area contributed by atoms with Crippen molar-refractivity contribution in [2.24, 2.45) is 0 Å². The Labute approximate surface area is 206 Å². The van der Waals surface area contributed by atoms with Crippen LogP contribution in [0.4, 0.5) is 0 Å². The quantitative estimate of drug-likeness (QED) is 0.240. The predicted molar refractivity (Wildman–Crippen MR) is 150 cm³/mol. The zero-order valence-corrected chi connectivity index (χ0v) is 19.3. The van der Waals surface area contributed by atoms with Crippen molar-refractivity contribution in [3.05, 3.63) is 115 Å². The third-order valence-corrected chi connectivity index (χ3v) is 7.92. The van der Waals surface area contributed by atoms with Gasteiger partial charge >= 0.3 is 0 Å². The number of furan rings is 1. The maximum absolute atomic E-state index is 6.24. The van der Waals surface area contributed by atoms with Gasteiger partial charge in [-0.05, 0) is 69.4 Å². The van der Waals surface area contributed by atoms with E-state index in [1.165, 1.54) is 60.5 Å². The number of hydrogen-bond acceptors (Lipinski definition) is 1. The first-order valence-corrected chi connectivity index (χ1v) is 12.4.